The van der Waals surface area contributed by atoms with Crippen molar-refractivity contribution in [2.24, 2.45) is 11.8 Å². The van der Waals surface area contributed by atoms with Gasteiger partial charge in [-0.15, -0.1) is 0 Å². The maximum absolute atomic E-state index is 11.0. The van der Waals surface area contributed by atoms with Crippen LogP contribution in [-0.4, -0.2) is 11.1 Å². The molecule has 0 spiro atoms. The predicted octanol–water partition coefficient (Wildman–Crippen LogP) is 2.73. The van der Waals surface area contributed by atoms with Gasteiger partial charge < -0.3 is 5.11 Å². The van der Waals surface area contributed by atoms with Crippen molar-refractivity contribution < 1.29 is 9.90 Å². The zero-order valence-corrected chi connectivity index (χ0v) is 9.91. The van der Waals surface area contributed by atoms with Crippen molar-refractivity contribution in [1.29, 1.82) is 0 Å². The lowest BCUT2D eigenvalue weighted by atomic mass is 9.98. The summed E-state index contributed by atoms with van der Waals surface area (Å²) in [6.45, 7) is 2.07. The first kappa shape index (κ1) is 9.40. The van der Waals surface area contributed by atoms with Crippen LogP contribution in [0.5, 0.6) is 0 Å². The van der Waals surface area contributed by atoms with Crippen molar-refractivity contribution in [2.75, 3.05) is 0 Å². The van der Waals surface area contributed by atoms with Crippen LogP contribution in [0.15, 0.2) is 16.6 Å². The number of aryl methyl sites for hydroxylation is 1. The smallest absolute Gasteiger partial charge is 0.307 e. The van der Waals surface area contributed by atoms with Crippen LogP contribution < -0.4 is 0 Å². The zero-order valence-electron chi connectivity index (χ0n) is 8.33. The number of aliphatic carboxylic acids is 1. The highest BCUT2D eigenvalue weighted by Crippen LogP contribution is 2.62. The second-order valence-corrected chi connectivity index (χ2v) is 5.47. The largest absolute Gasteiger partial charge is 0.481 e. The van der Waals surface area contributed by atoms with Gasteiger partial charge in [0.05, 0.1) is 5.92 Å². The highest BCUT2D eigenvalue weighted by atomic mass is 79.9. The first-order valence-electron chi connectivity index (χ1n) is 5.11. The summed E-state index contributed by atoms with van der Waals surface area (Å²) in [7, 11) is 0. The Balaban J connectivity index is 2.06. The van der Waals surface area contributed by atoms with Gasteiger partial charge in [0.15, 0.2) is 0 Å². The molecule has 0 aliphatic heterocycles. The van der Waals surface area contributed by atoms with Crippen LogP contribution in [0.1, 0.15) is 22.6 Å². The normalized spacial score (nSPS) is 30.9. The van der Waals surface area contributed by atoms with Gasteiger partial charge in [-0.3, -0.25) is 4.79 Å². The van der Waals surface area contributed by atoms with Crippen molar-refractivity contribution in [2.45, 2.75) is 19.3 Å². The summed E-state index contributed by atoms with van der Waals surface area (Å²) in [4.78, 5) is 11.0. The number of carboxylic acid groups (broad SMARTS) is 1. The van der Waals surface area contributed by atoms with Gasteiger partial charge in [-0.05, 0) is 48.1 Å². The van der Waals surface area contributed by atoms with Gasteiger partial charge in [0, 0.05) is 10.4 Å². The van der Waals surface area contributed by atoms with Crippen molar-refractivity contribution in [1.82, 2.24) is 0 Å². The quantitative estimate of drug-likeness (QED) is 0.849. The maximum Gasteiger partial charge on any atom is 0.307 e. The fraction of sp³-hybridized carbons (Fsp3) is 0.417. The number of hydrogen-bond acceptors (Lipinski definition) is 1. The fourth-order valence-corrected chi connectivity index (χ4v) is 3.70. The Hall–Kier alpha value is -0.830. The molecule has 1 fully saturated rings. The summed E-state index contributed by atoms with van der Waals surface area (Å²) in [6.07, 6.45) is 0.942. The third-order valence-electron chi connectivity index (χ3n) is 3.68. The summed E-state index contributed by atoms with van der Waals surface area (Å²) >= 11 is 3.48. The predicted molar refractivity (Wildman–Crippen MR) is 59.9 cm³/mol. The SMILES string of the molecule is Cc1cc(Br)cc2c1[C@@H]1[C@H](C2)[C@H]1C(=O)O. The van der Waals surface area contributed by atoms with Crippen LogP contribution in [0.2, 0.25) is 0 Å². The van der Waals surface area contributed by atoms with Crippen LogP contribution in [0, 0.1) is 18.8 Å². The van der Waals surface area contributed by atoms with E-state index in [0.717, 1.165) is 10.9 Å². The molecule has 0 radical (unpaired) electrons. The van der Waals surface area contributed by atoms with E-state index in [0.29, 0.717) is 11.8 Å². The molecule has 1 aromatic rings. The minimum Gasteiger partial charge on any atom is -0.481 e. The summed E-state index contributed by atoms with van der Waals surface area (Å²) in [5.41, 5.74) is 3.88. The first-order valence-corrected chi connectivity index (χ1v) is 5.90. The third-order valence-corrected chi connectivity index (χ3v) is 4.14. The number of carbonyl (C=O) groups is 1. The van der Waals surface area contributed by atoms with E-state index in [2.05, 4.69) is 35.0 Å². The van der Waals surface area contributed by atoms with E-state index in [-0.39, 0.29) is 5.92 Å². The minimum atomic E-state index is -0.627. The molecule has 0 saturated heterocycles. The molecule has 1 aromatic carbocycles. The number of halogens is 1. The molecule has 2 aliphatic carbocycles. The van der Waals surface area contributed by atoms with Crippen molar-refractivity contribution in [3.8, 4) is 0 Å². The van der Waals surface area contributed by atoms with Gasteiger partial charge in [0.2, 0.25) is 0 Å². The Morgan fingerprint density at radius 3 is 2.93 bits per heavy atom. The summed E-state index contributed by atoms with van der Waals surface area (Å²) in [6, 6.07) is 4.21. The second-order valence-electron chi connectivity index (χ2n) is 4.55. The van der Waals surface area contributed by atoms with E-state index in [1.165, 1.54) is 16.7 Å². The Kier molecular flexibility index (Phi) is 1.78. The maximum atomic E-state index is 11.0. The fourth-order valence-electron chi connectivity index (χ4n) is 3.08. The Labute approximate surface area is 96.4 Å². The van der Waals surface area contributed by atoms with Crippen LogP contribution >= 0.6 is 15.9 Å². The molecule has 78 valence electrons. The Bertz CT molecular complexity index is 467. The molecule has 1 saturated carbocycles. The first-order chi connectivity index (χ1) is 7.09. The topological polar surface area (TPSA) is 37.3 Å². The highest BCUT2D eigenvalue weighted by Gasteiger charge is 2.60. The standard InChI is InChI=1S/C12H11BrO2/c1-5-2-7(13)3-6-4-8-10(9(5)6)11(8)12(14)15/h2-3,8,10-11H,4H2,1H3,(H,14,15)/t8-,10-,11+/m0/s1. The number of fused-ring (bicyclic) bond motifs is 3. The lowest BCUT2D eigenvalue weighted by Crippen LogP contribution is -2.05. The monoisotopic (exact) mass is 266 g/mol. The third kappa shape index (κ3) is 1.19. The number of benzene rings is 1. The molecule has 1 N–H and O–H groups in total. The van der Waals surface area contributed by atoms with Gasteiger partial charge in [0.25, 0.3) is 0 Å². The summed E-state index contributed by atoms with van der Waals surface area (Å²) in [5.74, 6) is -0.0774. The van der Waals surface area contributed by atoms with Crippen molar-refractivity contribution in [3.05, 3.63) is 33.3 Å². The van der Waals surface area contributed by atoms with Gasteiger partial charge >= 0.3 is 5.97 Å². The highest BCUT2D eigenvalue weighted by molar-refractivity contribution is 9.10. The molecule has 2 aliphatic rings. The molecule has 15 heavy (non-hydrogen) atoms. The summed E-state index contributed by atoms with van der Waals surface area (Å²) < 4.78 is 1.10. The Morgan fingerprint density at radius 2 is 2.27 bits per heavy atom. The number of hydrogen-bond donors (Lipinski definition) is 1. The van der Waals surface area contributed by atoms with Crippen molar-refractivity contribution >= 4 is 21.9 Å². The second kappa shape index (κ2) is 2.85. The molecule has 0 unspecified atom stereocenters. The molecule has 2 nitrogen and oxygen atoms in total. The molecule has 3 atom stereocenters. The van der Waals surface area contributed by atoms with Crippen molar-refractivity contribution in [3.63, 3.8) is 0 Å². The van der Waals surface area contributed by atoms with Crippen LogP contribution in [0.25, 0.3) is 0 Å². The van der Waals surface area contributed by atoms with E-state index in [1.807, 2.05) is 0 Å². The lowest BCUT2D eigenvalue weighted by Gasteiger charge is -2.09. The van der Waals surface area contributed by atoms with Gasteiger partial charge in [0.1, 0.15) is 0 Å². The van der Waals surface area contributed by atoms with E-state index >= 15 is 0 Å². The molecule has 0 aromatic heterocycles. The van der Waals surface area contributed by atoms with E-state index in [1.54, 1.807) is 0 Å². The minimum absolute atomic E-state index is 0.114. The van der Waals surface area contributed by atoms with Gasteiger partial charge in [-0.25, -0.2) is 0 Å². The average Bonchev–Trinajstić information content (AvgIpc) is 2.67. The molecule has 3 rings (SSSR count). The Morgan fingerprint density at radius 1 is 1.53 bits per heavy atom. The number of rotatable bonds is 1. The molecule has 0 amide bonds. The molecule has 0 bridgehead atoms. The van der Waals surface area contributed by atoms with E-state index < -0.39 is 5.97 Å². The van der Waals surface area contributed by atoms with E-state index in [9.17, 15) is 4.79 Å². The molecular formula is C12H11BrO2. The lowest BCUT2D eigenvalue weighted by molar-refractivity contribution is -0.139. The molecular weight excluding hydrogens is 256 g/mol. The summed E-state index contributed by atoms with van der Waals surface area (Å²) in [5, 5.41) is 9.02. The van der Waals surface area contributed by atoms with E-state index in [4.69, 9.17) is 5.11 Å². The molecule has 0 heterocycles. The van der Waals surface area contributed by atoms with Gasteiger partial charge in [-0.1, -0.05) is 15.9 Å². The van der Waals surface area contributed by atoms with Gasteiger partial charge in [-0.2, -0.15) is 0 Å². The van der Waals surface area contributed by atoms with Crippen LogP contribution in [0.3, 0.4) is 0 Å². The number of carboxylic acids is 1. The average molecular weight is 267 g/mol. The van der Waals surface area contributed by atoms with Crippen LogP contribution in [-0.2, 0) is 11.2 Å². The van der Waals surface area contributed by atoms with Crippen LogP contribution in [0.4, 0.5) is 0 Å². The molecule has 3 heteroatoms. The zero-order chi connectivity index (χ0) is 10.7.